The summed E-state index contributed by atoms with van der Waals surface area (Å²) in [7, 11) is 0. The van der Waals surface area contributed by atoms with Crippen LogP contribution in [0.25, 0.3) is 0 Å². The third kappa shape index (κ3) is 2.91. The summed E-state index contributed by atoms with van der Waals surface area (Å²) >= 11 is 1.53. The van der Waals surface area contributed by atoms with Gasteiger partial charge in [0.25, 0.3) is 0 Å². The molecule has 1 unspecified atom stereocenters. The molecule has 5 heteroatoms. The predicted molar refractivity (Wildman–Crippen MR) is 72.0 cm³/mol. The lowest BCUT2D eigenvalue weighted by Gasteiger charge is -2.18. The van der Waals surface area contributed by atoms with Crippen LogP contribution in [0, 0.1) is 23.0 Å². The maximum Gasteiger partial charge on any atom is 0.150 e. The summed E-state index contributed by atoms with van der Waals surface area (Å²) < 4.78 is 27.6. The Morgan fingerprint density at radius 1 is 1.37 bits per heavy atom. The molecule has 0 saturated heterocycles. The summed E-state index contributed by atoms with van der Waals surface area (Å²) in [5, 5.41) is 13.4. The quantitative estimate of drug-likeness (QED) is 0.896. The van der Waals surface area contributed by atoms with Crippen molar-refractivity contribution < 1.29 is 8.78 Å². The molecule has 19 heavy (non-hydrogen) atoms. The van der Waals surface area contributed by atoms with Crippen molar-refractivity contribution in [3.63, 3.8) is 0 Å². The highest BCUT2D eigenvalue weighted by Crippen LogP contribution is 2.29. The average Bonchev–Trinajstić information content (AvgIpc) is 2.91. The number of nitrogens with zero attached hydrogens (tertiary/aromatic N) is 1. The van der Waals surface area contributed by atoms with Gasteiger partial charge in [-0.2, -0.15) is 5.26 Å². The SMILES string of the molecule is CCC(Nc1c(F)cc(C#N)cc1F)c1cccs1. The van der Waals surface area contributed by atoms with Crippen LogP contribution in [0.15, 0.2) is 29.6 Å². The Labute approximate surface area is 114 Å². The largest absolute Gasteiger partial charge is 0.373 e. The summed E-state index contributed by atoms with van der Waals surface area (Å²) in [5.41, 5.74) is -0.205. The Hall–Kier alpha value is -1.93. The number of nitrogens with one attached hydrogen (secondary N) is 1. The van der Waals surface area contributed by atoms with Gasteiger partial charge in [-0.15, -0.1) is 11.3 Å². The van der Waals surface area contributed by atoms with Crippen LogP contribution >= 0.6 is 11.3 Å². The second-order valence-corrected chi connectivity index (χ2v) is 5.03. The van der Waals surface area contributed by atoms with Crippen molar-refractivity contribution in [3.8, 4) is 6.07 Å². The zero-order chi connectivity index (χ0) is 13.8. The van der Waals surface area contributed by atoms with Crippen molar-refractivity contribution in [2.24, 2.45) is 0 Å². The van der Waals surface area contributed by atoms with Crippen LogP contribution < -0.4 is 5.32 Å². The molecular weight excluding hydrogens is 266 g/mol. The van der Waals surface area contributed by atoms with Crippen LogP contribution in [0.4, 0.5) is 14.5 Å². The zero-order valence-corrected chi connectivity index (χ0v) is 11.1. The molecule has 2 aromatic rings. The average molecular weight is 278 g/mol. The first-order chi connectivity index (χ1) is 9.15. The van der Waals surface area contributed by atoms with Crippen LogP contribution in [0.1, 0.15) is 29.8 Å². The summed E-state index contributed by atoms with van der Waals surface area (Å²) in [6.45, 7) is 1.94. The number of hydrogen-bond acceptors (Lipinski definition) is 3. The van der Waals surface area contributed by atoms with Gasteiger partial charge in [0.2, 0.25) is 0 Å². The van der Waals surface area contributed by atoms with E-state index in [-0.39, 0.29) is 17.3 Å². The lowest BCUT2D eigenvalue weighted by molar-refractivity contribution is 0.581. The lowest BCUT2D eigenvalue weighted by atomic mass is 10.1. The predicted octanol–water partition coefficient (Wildman–Crippen LogP) is 4.46. The van der Waals surface area contributed by atoms with E-state index in [0.29, 0.717) is 6.42 Å². The third-order valence-electron chi connectivity index (χ3n) is 2.78. The number of halogens is 2. The summed E-state index contributed by atoms with van der Waals surface area (Å²) in [5.74, 6) is -1.49. The Bertz CT molecular complexity index is 579. The number of hydrogen-bond donors (Lipinski definition) is 1. The van der Waals surface area contributed by atoms with Crippen molar-refractivity contribution in [1.82, 2.24) is 0 Å². The zero-order valence-electron chi connectivity index (χ0n) is 10.3. The van der Waals surface area contributed by atoms with E-state index in [4.69, 9.17) is 5.26 Å². The van der Waals surface area contributed by atoms with E-state index >= 15 is 0 Å². The molecule has 0 aliphatic heterocycles. The summed E-state index contributed by atoms with van der Waals surface area (Å²) in [6, 6.07) is 7.47. The monoisotopic (exact) mass is 278 g/mol. The molecule has 1 N–H and O–H groups in total. The summed E-state index contributed by atoms with van der Waals surface area (Å²) in [4.78, 5) is 1.02. The van der Waals surface area contributed by atoms with E-state index in [2.05, 4.69) is 5.32 Å². The molecule has 0 aliphatic carbocycles. The van der Waals surface area contributed by atoms with Gasteiger partial charge < -0.3 is 5.32 Å². The molecule has 0 saturated carbocycles. The second-order valence-electron chi connectivity index (χ2n) is 4.05. The Balaban J connectivity index is 2.30. The van der Waals surface area contributed by atoms with Gasteiger partial charge in [-0.3, -0.25) is 0 Å². The van der Waals surface area contributed by atoms with E-state index < -0.39 is 11.6 Å². The molecule has 0 amide bonds. The van der Waals surface area contributed by atoms with Gasteiger partial charge >= 0.3 is 0 Å². The Morgan fingerprint density at radius 3 is 2.53 bits per heavy atom. The summed E-state index contributed by atoms with van der Waals surface area (Å²) in [6.07, 6.45) is 0.708. The first kappa shape index (κ1) is 13.5. The highest BCUT2D eigenvalue weighted by Gasteiger charge is 2.16. The van der Waals surface area contributed by atoms with E-state index in [0.717, 1.165) is 17.0 Å². The first-order valence-corrected chi connectivity index (χ1v) is 6.72. The molecule has 1 aromatic carbocycles. The molecule has 0 aliphatic rings. The minimum Gasteiger partial charge on any atom is -0.373 e. The standard InChI is InChI=1S/C14H12F2N2S/c1-2-12(13-4-3-5-19-13)18-14-10(15)6-9(8-17)7-11(14)16/h3-7,12,18H,2H2,1H3. The number of benzene rings is 1. The molecule has 2 nitrogen and oxygen atoms in total. The van der Waals surface area contributed by atoms with Crippen LogP contribution in [0.2, 0.25) is 0 Å². The molecule has 0 spiro atoms. The van der Waals surface area contributed by atoms with Crippen molar-refractivity contribution in [1.29, 1.82) is 5.26 Å². The second kappa shape index (κ2) is 5.81. The van der Waals surface area contributed by atoms with Crippen LogP contribution in [-0.2, 0) is 0 Å². The van der Waals surface area contributed by atoms with Crippen molar-refractivity contribution in [2.45, 2.75) is 19.4 Å². The molecule has 1 aromatic heterocycles. The van der Waals surface area contributed by atoms with Crippen molar-refractivity contribution in [3.05, 3.63) is 51.7 Å². The van der Waals surface area contributed by atoms with E-state index in [1.165, 1.54) is 11.3 Å². The fourth-order valence-electron chi connectivity index (χ4n) is 1.81. The van der Waals surface area contributed by atoms with Crippen LogP contribution in [0.5, 0.6) is 0 Å². The third-order valence-corrected chi connectivity index (χ3v) is 3.77. The van der Waals surface area contributed by atoms with Gasteiger partial charge in [0.05, 0.1) is 17.7 Å². The Kier molecular flexibility index (Phi) is 4.13. The van der Waals surface area contributed by atoms with Crippen molar-refractivity contribution >= 4 is 17.0 Å². The molecular formula is C14H12F2N2S. The molecule has 1 heterocycles. The van der Waals surface area contributed by atoms with E-state index in [1.807, 2.05) is 24.4 Å². The molecule has 98 valence electrons. The normalized spacial score (nSPS) is 11.9. The smallest absolute Gasteiger partial charge is 0.150 e. The van der Waals surface area contributed by atoms with Gasteiger partial charge in [0.15, 0.2) is 11.6 Å². The fourth-order valence-corrected chi connectivity index (χ4v) is 2.67. The number of thiophene rings is 1. The molecule has 2 rings (SSSR count). The molecule has 0 bridgehead atoms. The van der Waals surface area contributed by atoms with Crippen LogP contribution in [0.3, 0.4) is 0 Å². The molecule has 1 atom stereocenters. The lowest BCUT2D eigenvalue weighted by Crippen LogP contribution is -2.11. The van der Waals surface area contributed by atoms with E-state index in [1.54, 1.807) is 6.07 Å². The minimum atomic E-state index is -0.744. The first-order valence-electron chi connectivity index (χ1n) is 5.84. The maximum absolute atomic E-state index is 13.8. The van der Waals surface area contributed by atoms with Gasteiger partial charge in [0, 0.05) is 4.88 Å². The maximum atomic E-state index is 13.8. The highest BCUT2D eigenvalue weighted by atomic mass is 32.1. The molecule has 0 fully saturated rings. The number of anilines is 1. The highest BCUT2D eigenvalue weighted by molar-refractivity contribution is 7.10. The van der Waals surface area contributed by atoms with E-state index in [9.17, 15) is 8.78 Å². The fraction of sp³-hybridized carbons (Fsp3) is 0.214. The minimum absolute atomic E-state index is 0.0234. The number of nitriles is 1. The van der Waals surface area contributed by atoms with Crippen LogP contribution in [-0.4, -0.2) is 0 Å². The van der Waals surface area contributed by atoms with Crippen molar-refractivity contribution in [2.75, 3.05) is 5.32 Å². The van der Waals surface area contributed by atoms with Gasteiger partial charge in [-0.05, 0) is 30.0 Å². The number of rotatable bonds is 4. The Morgan fingerprint density at radius 2 is 2.05 bits per heavy atom. The van der Waals surface area contributed by atoms with Gasteiger partial charge in [-0.25, -0.2) is 8.78 Å². The topological polar surface area (TPSA) is 35.8 Å². The van der Waals surface area contributed by atoms with Gasteiger partial charge in [0.1, 0.15) is 5.69 Å². The molecule has 0 radical (unpaired) electrons. The van der Waals surface area contributed by atoms with Gasteiger partial charge in [-0.1, -0.05) is 13.0 Å².